The van der Waals surface area contributed by atoms with Crippen molar-refractivity contribution in [3.63, 3.8) is 0 Å². The van der Waals surface area contributed by atoms with Crippen LogP contribution in [0.25, 0.3) is 28.0 Å². The Bertz CT molecular complexity index is 1050. The number of fused-ring (bicyclic) bond motifs is 4. The summed E-state index contributed by atoms with van der Waals surface area (Å²) < 4.78 is 0. The van der Waals surface area contributed by atoms with Gasteiger partial charge in [0.1, 0.15) is 0 Å². The molecule has 0 bridgehead atoms. The van der Waals surface area contributed by atoms with Crippen molar-refractivity contribution < 1.29 is 9.59 Å². The zero-order chi connectivity index (χ0) is 14.8. The number of hydrogen-bond donors (Lipinski definition) is 0. The Hall–Kier alpha value is -3.00. The molecule has 0 amide bonds. The molecule has 0 heterocycles. The number of allylic oxidation sites excluding steroid dienone is 1. The summed E-state index contributed by atoms with van der Waals surface area (Å²) in [5, 5.41) is 1.94. The number of hydrogen-bond acceptors (Lipinski definition) is 2. The van der Waals surface area contributed by atoms with Crippen molar-refractivity contribution >= 4 is 28.4 Å². The number of ketones is 2. The van der Waals surface area contributed by atoms with Crippen LogP contribution in [0.2, 0.25) is 0 Å². The molecule has 22 heavy (non-hydrogen) atoms. The first-order valence-corrected chi connectivity index (χ1v) is 7.22. The van der Waals surface area contributed by atoms with Crippen molar-refractivity contribution in [1.29, 1.82) is 0 Å². The van der Waals surface area contributed by atoms with Crippen molar-refractivity contribution in [2.45, 2.75) is 0 Å². The molecule has 2 nitrogen and oxygen atoms in total. The lowest BCUT2D eigenvalue weighted by molar-refractivity contribution is 0.103. The van der Waals surface area contributed by atoms with Crippen LogP contribution in [0.1, 0.15) is 31.8 Å². The van der Waals surface area contributed by atoms with Gasteiger partial charge < -0.3 is 0 Å². The summed E-state index contributed by atoms with van der Waals surface area (Å²) in [4.78, 5) is 24.8. The SMILES string of the molecule is O=C1c2ccccc2-c2c1cc1c3c(cccc23)C(=O)C=C1. The second kappa shape index (κ2) is 3.80. The van der Waals surface area contributed by atoms with E-state index in [1.807, 2.05) is 54.6 Å². The fourth-order valence-electron chi connectivity index (χ4n) is 3.62. The summed E-state index contributed by atoms with van der Waals surface area (Å²) in [6, 6.07) is 15.4. The van der Waals surface area contributed by atoms with Gasteiger partial charge in [0.05, 0.1) is 0 Å². The minimum absolute atomic E-state index is 0.0238. The lowest BCUT2D eigenvalue weighted by Gasteiger charge is -2.15. The van der Waals surface area contributed by atoms with E-state index in [0.29, 0.717) is 0 Å². The molecule has 0 aromatic heterocycles. The van der Waals surface area contributed by atoms with Gasteiger partial charge >= 0.3 is 0 Å². The summed E-state index contributed by atoms with van der Waals surface area (Å²) in [5.74, 6) is 0.0927. The van der Waals surface area contributed by atoms with Crippen molar-refractivity contribution in [1.82, 2.24) is 0 Å². The molecule has 0 atom stereocenters. The Kier molecular flexibility index (Phi) is 2.01. The van der Waals surface area contributed by atoms with Crippen LogP contribution >= 0.6 is 0 Å². The minimum atomic E-state index is 0.0238. The number of benzene rings is 3. The maximum absolute atomic E-state index is 12.7. The summed E-state index contributed by atoms with van der Waals surface area (Å²) in [6.45, 7) is 0. The fraction of sp³-hybridized carbons (Fsp3) is 0. The Morgan fingerprint density at radius 1 is 0.682 bits per heavy atom. The van der Waals surface area contributed by atoms with Gasteiger partial charge in [0.15, 0.2) is 11.6 Å². The van der Waals surface area contributed by atoms with Crippen molar-refractivity contribution in [2.75, 3.05) is 0 Å². The Balaban J connectivity index is 2.04. The molecular formula is C20H10O2. The van der Waals surface area contributed by atoms with Crippen LogP contribution in [0.5, 0.6) is 0 Å². The van der Waals surface area contributed by atoms with E-state index in [-0.39, 0.29) is 11.6 Å². The molecule has 3 aromatic rings. The van der Waals surface area contributed by atoms with Gasteiger partial charge in [-0.1, -0.05) is 48.5 Å². The van der Waals surface area contributed by atoms with Crippen LogP contribution in [-0.2, 0) is 0 Å². The highest BCUT2D eigenvalue weighted by molar-refractivity contribution is 6.29. The van der Waals surface area contributed by atoms with Gasteiger partial charge in [0, 0.05) is 27.6 Å². The summed E-state index contributed by atoms with van der Waals surface area (Å²) >= 11 is 0. The van der Waals surface area contributed by atoms with E-state index in [2.05, 4.69) is 0 Å². The second-order valence-electron chi connectivity index (χ2n) is 5.69. The first-order valence-electron chi connectivity index (χ1n) is 7.22. The lowest BCUT2D eigenvalue weighted by atomic mass is 9.87. The van der Waals surface area contributed by atoms with Crippen LogP contribution in [-0.4, -0.2) is 11.6 Å². The molecule has 0 saturated carbocycles. The highest BCUT2D eigenvalue weighted by Crippen LogP contribution is 2.44. The van der Waals surface area contributed by atoms with Gasteiger partial charge in [-0.2, -0.15) is 0 Å². The highest BCUT2D eigenvalue weighted by Gasteiger charge is 2.30. The summed E-state index contributed by atoms with van der Waals surface area (Å²) in [6.07, 6.45) is 3.39. The average Bonchev–Trinajstić information content (AvgIpc) is 2.84. The monoisotopic (exact) mass is 282 g/mol. The number of carbonyl (C=O) groups excluding carboxylic acids is 2. The molecule has 2 aliphatic carbocycles. The Morgan fingerprint density at radius 3 is 2.32 bits per heavy atom. The van der Waals surface area contributed by atoms with Gasteiger partial charge in [-0.3, -0.25) is 9.59 Å². The third-order valence-electron chi connectivity index (χ3n) is 4.56. The maximum Gasteiger partial charge on any atom is 0.194 e. The van der Waals surface area contributed by atoms with E-state index in [9.17, 15) is 9.59 Å². The smallest absolute Gasteiger partial charge is 0.194 e. The zero-order valence-electron chi connectivity index (χ0n) is 11.6. The van der Waals surface area contributed by atoms with Crippen molar-refractivity contribution in [2.24, 2.45) is 0 Å². The van der Waals surface area contributed by atoms with Gasteiger partial charge in [0.25, 0.3) is 0 Å². The molecule has 102 valence electrons. The predicted molar refractivity (Wildman–Crippen MR) is 86.2 cm³/mol. The molecule has 0 aliphatic heterocycles. The van der Waals surface area contributed by atoms with Crippen LogP contribution in [0.15, 0.2) is 54.6 Å². The van der Waals surface area contributed by atoms with Gasteiger partial charge in [-0.15, -0.1) is 0 Å². The third-order valence-corrected chi connectivity index (χ3v) is 4.56. The normalized spacial score (nSPS) is 14.4. The van der Waals surface area contributed by atoms with Crippen LogP contribution in [0, 0.1) is 0 Å². The molecule has 0 fully saturated rings. The van der Waals surface area contributed by atoms with Crippen molar-refractivity contribution in [3.8, 4) is 11.1 Å². The molecule has 5 rings (SSSR count). The molecule has 0 unspecified atom stereocenters. The van der Waals surface area contributed by atoms with E-state index in [1.54, 1.807) is 6.08 Å². The molecule has 3 aromatic carbocycles. The molecule has 2 heteroatoms. The molecule has 0 spiro atoms. The molecule has 0 N–H and O–H groups in total. The van der Waals surface area contributed by atoms with E-state index in [0.717, 1.165) is 44.2 Å². The van der Waals surface area contributed by atoms with E-state index >= 15 is 0 Å². The first-order chi connectivity index (χ1) is 10.8. The van der Waals surface area contributed by atoms with Crippen LogP contribution < -0.4 is 0 Å². The average molecular weight is 282 g/mol. The quantitative estimate of drug-likeness (QED) is 0.483. The number of carbonyl (C=O) groups is 2. The predicted octanol–water partition coefficient (Wildman–Crippen LogP) is 4.26. The second-order valence-corrected chi connectivity index (χ2v) is 5.69. The third kappa shape index (κ3) is 1.25. The van der Waals surface area contributed by atoms with E-state index < -0.39 is 0 Å². The summed E-state index contributed by atoms with van der Waals surface area (Å²) in [5.41, 5.74) is 5.08. The highest BCUT2D eigenvalue weighted by atomic mass is 16.1. The topological polar surface area (TPSA) is 34.1 Å². The van der Waals surface area contributed by atoms with Gasteiger partial charge in [-0.05, 0) is 28.7 Å². The fourth-order valence-corrected chi connectivity index (χ4v) is 3.62. The largest absolute Gasteiger partial charge is 0.289 e. The standard InChI is InChI=1S/C20H10O2/c21-17-9-8-11-10-16-19(15-7-3-6-14(17)18(11)15)12-4-1-2-5-13(12)20(16)22/h1-10H. The van der Waals surface area contributed by atoms with E-state index in [4.69, 9.17) is 0 Å². The minimum Gasteiger partial charge on any atom is -0.289 e. The number of rotatable bonds is 0. The summed E-state index contributed by atoms with van der Waals surface area (Å²) in [7, 11) is 0. The van der Waals surface area contributed by atoms with Gasteiger partial charge in [-0.25, -0.2) is 0 Å². The molecular weight excluding hydrogens is 272 g/mol. The Morgan fingerprint density at radius 2 is 1.45 bits per heavy atom. The van der Waals surface area contributed by atoms with Crippen molar-refractivity contribution in [3.05, 3.63) is 76.9 Å². The lowest BCUT2D eigenvalue weighted by Crippen LogP contribution is -2.03. The zero-order valence-corrected chi connectivity index (χ0v) is 11.6. The molecule has 2 aliphatic rings. The maximum atomic E-state index is 12.7. The van der Waals surface area contributed by atoms with Gasteiger partial charge in [0.2, 0.25) is 0 Å². The van der Waals surface area contributed by atoms with Crippen LogP contribution in [0.4, 0.5) is 0 Å². The first kappa shape index (κ1) is 11.6. The Labute approximate surface area is 126 Å². The van der Waals surface area contributed by atoms with Crippen LogP contribution in [0.3, 0.4) is 0 Å². The molecule has 0 saturated heterocycles. The molecule has 0 radical (unpaired) electrons. The van der Waals surface area contributed by atoms with E-state index in [1.165, 1.54) is 0 Å².